The van der Waals surface area contributed by atoms with E-state index in [1.165, 1.54) is 6.92 Å². The van der Waals surface area contributed by atoms with Crippen molar-refractivity contribution in [2.45, 2.75) is 19.4 Å². The van der Waals surface area contributed by atoms with Gasteiger partial charge in [0.25, 0.3) is 5.91 Å². The lowest BCUT2D eigenvalue weighted by Gasteiger charge is -2.03. The summed E-state index contributed by atoms with van der Waals surface area (Å²) < 4.78 is 0. The smallest absolute Gasteiger partial charge is 0.268 e. The van der Waals surface area contributed by atoms with Crippen LogP contribution >= 0.6 is 11.6 Å². The number of nitrogens with one attached hydrogen (secondary N) is 1. The van der Waals surface area contributed by atoms with Crippen LogP contribution in [0.1, 0.15) is 12.5 Å². The Morgan fingerprint density at radius 1 is 1.50 bits per heavy atom. The molecule has 0 saturated heterocycles. The van der Waals surface area contributed by atoms with Crippen LogP contribution in [0.4, 0.5) is 0 Å². The molecule has 0 fully saturated rings. The number of benzene rings is 1. The summed E-state index contributed by atoms with van der Waals surface area (Å²) >= 11 is 5.82. The van der Waals surface area contributed by atoms with E-state index >= 15 is 0 Å². The molecule has 0 aliphatic rings. The van der Waals surface area contributed by atoms with Crippen LogP contribution in [0.3, 0.4) is 0 Å². The molecule has 5 heteroatoms. The largest absolute Gasteiger partial charge is 0.383 e. The van der Waals surface area contributed by atoms with Crippen molar-refractivity contribution >= 4 is 22.7 Å². The molecule has 16 heavy (non-hydrogen) atoms. The van der Waals surface area contributed by atoms with Gasteiger partial charge in [0.15, 0.2) is 0 Å². The van der Waals surface area contributed by atoms with E-state index in [2.05, 4.69) is 10.5 Å². The average Bonchev–Trinajstić information content (AvgIpc) is 2.27. The monoisotopic (exact) mass is 240 g/mol. The maximum atomic E-state index is 11.0. The lowest BCUT2D eigenvalue weighted by molar-refractivity contribution is -0.128. The van der Waals surface area contributed by atoms with Crippen LogP contribution in [0.2, 0.25) is 0 Å². The van der Waals surface area contributed by atoms with E-state index in [9.17, 15) is 4.79 Å². The molecule has 0 radical (unpaired) electrons. The number of nitrogens with zero attached hydrogens (tertiary/aromatic N) is 1. The molecule has 0 aromatic heterocycles. The van der Waals surface area contributed by atoms with Gasteiger partial charge in [-0.05, 0) is 12.5 Å². The Morgan fingerprint density at radius 3 is 2.69 bits per heavy atom. The third-order valence-corrected chi connectivity index (χ3v) is 2.08. The second kappa shape index (κ2) is 6.25. The normalized spacial score (nSPS) is 13.3. The maximum Gasteiger partial charge on any atom is 0.268 e. The first kappa shape index (κ1) is 12.7. The highest BCUT2D eigenvalue weighted by Gasteiger charge is 2.07. The highest BCUT2D eigenvalue weighted by Crippen LogP contribution is 2.02. The topological polar surface area (TPSA) is 61.7 Å². The minimum absolute atomic E-state index is 0.264. The first-order chi connectivity index (χ1) is 7.59. The fourth-order valence-electron chi connectivity index (χ4n) is 1.01. The molecule has 1 unspecified atom stereocenters. The predicted molar refractivity (Wildman–Crippen MR) is 63.3 cm³/mol. The number of halogens is 1. The van der Waals surface area contributed by atoms with Crippen molar-refractivity contribution in [3.05, 3.63) is 35.9 Å². The number of carbonyl (C=O) groups is 1. The molecule has 86 valence electrons. The summed E-state index contributed by atoms with van der Waals surface area (Å²) in [4.78, 5) is 11.0. The summed E-state index contributed by atoms with van der Waals surface area (Å²) in [6.07, 6.45) is -0.646. The molecule has 1 atom stereocenters. The average molecular weight is 241 g/mol. The fourth-order valence-corrected chi connectivity index (χ4v) is 1.21. The van der Waals surface area contributed by atoms with E-state index < -0.39 is 12.0 Å². The van der Waals surface area contributed by atoms with Gasteiger partial charge in [-0.2, -0.15) is 5.10 Å². The second-order valence-electron chi connectivity index (χ2n) is 3.30. The van der Waals surface area contributed by atoms with E-state index in [0.29, 0.717) is 6.42 Å². The summed E-state index contributed by atoms with van der Waals surface area (Å²) in [7, 11) is 0. The van der Waals surface area contributed by atoms with E-state index in [0.717, 1.165) is 5.56 Å². The molecule has 0 bridgehead atoms. The molecule has 0 saturated carbocycles. The number of hydrogen-bond acceptors (Lipinski definition) is 3. The number of rotatable bonds is 4. The van der Waals surface area contributed by atoms with Crippen molar-refractivity contribution in [2.75, 3.05) is 0 Å². The van der Waals surface area contributed by atoms with Crippen LogP contribution in [0, 0.1) is 0 Å². The van der Waals surface area contributed by atoms with Gasteiger partial charge in [-0.25, -0.2) is 5.43 Å². The molecule has 1 amide bonds. The number of carbonyl (C=O) groups excluding carboxylic acids is 1. The Bertz CT molecular complexity index is 377. The molecular formula is C11H13ClN2O2. The van der Waals surface area contributed by atoms with Crippen LogP contribution in [-0.2, 0) is 11.2 Å². The molecule has 2 N–H and O–H groups in total. The fraction of sp³-hybridized carbons (Fsp3) is 0.273. The Kier molecular flexibility index (Phi) is 4.95. The van der Waals surface area contributed by atoms with Crippen LogP contribution in [0.15, 0.2) is 35.4 Å². The second-order valence-corrected chi connectivity index (χ2v) is 3.74. The minimum Gasteiger partial charge on any atom is -0.383 e. The highest BCUT2D eigenvalue weighted by molar-refractivity contribution is 6.65. The standard InChI is InChI=1S/C11H13ClN2O2/c1-8(15)11(16)14-13-10(12)7-9-5-3-2-4-6-9/h2-6,8,15H,7H2,1H3,(H,14,16). The van der Waals surface area contributed by atoms with E-state index in [-0.39, 0.29) is 5.17 Å². The van der Waals surface area contributed by atoms with Crippen molar-refractivity contribution in [1.82, 2.24) is 5.43 Å². The number of amides is 1. The zero-order valence-corrected chi connectivity index (χ0v) is 9.61. The van der Waals surface area contributed by atoms with Crippen molar-refractivity contribution < 1.29 is 9.90 Å². The van der Waals surface area contributed by atoms with Crippen molar-refractivity contribution in [3.63, 3.8) is 0 Å². The molecule has 1 rings (SSSR count). The Labute approximate surface area is 98.9 Å². The summed E-state index contributed by atoms with van der Waals surface area (Å²) in [5, 5.41) is 12.8. The molecular weight excluding hydrogens is 228 g/mol. The zero-order valence-electron chi connectivity index (χ0n) is 8.85. The number of aliphatic hydroxyl groups excluding tert-OH is 1. The van der Waals surface area contributed by atoms with Gasteiger partial charge < -0.3 is 5.11 Å². The number of hydrazone groups is 1. The van der Waals surface area contributed by atoms with Gasteiger partial charge in [0.1, 0.15) is 11.3 Å². The quantitative estimate of drug-likeness (QED) is 0.615. The van der Waals surface area contributed by atoms with Crippen LogP contribution in [0.5, 0.6) is 0 Å². The molecule has 0 heterocycles. The number of hydrogen-bond donors (Lipinski definition) is 2. The van der Waals surface area contributed by atoms with Crippen molar-refractivity contribution in [3.8, 4) is 0 Å². The third kappa shape index (κ3) is 4.42. The van der Waals surface area contributed by atoms with Crippen LogP contribution < -0.4 is 5.43 Å². The first-order valence-corrected chi connectivity index (χ1v) is 5.21. The molecule has 1 aromatic carbocycles. The van der Waals surface area contributed by atoms with Gasteiger partial charge >= 0.3 is 0 Å². The van der Waals surface area contributed by atoms with Crippen molar-refractivity contribution in [1.29, 1.82) is 0 Å². The summed E-state index contributed by atoms with van der Waals surface area (Å²) in [5.41, 5.74) is 3.17. The van der Waals surface area contributed by atoms with Gasteiger partial charge in [0, 0.05) is 6.42 Å². The van der Waals surface area contributed by atoms with Gasteiger partial charge in [-0.1, -0.05) is 41.9 Å². The molecule has 0 aliphatic heterocycles. The molecule has 4 nitrogen and oxygen atoms in total. The lowest BCUT2D eigenvalue weighted by atomic mass is 10.2. The van der Waals surface area contributed by atoms with E-state index in [1.54, 1.807) is 0 Å². The third-order valence-electron chi connectivity index (χ3n) is 1.86. The molecule has 0 spiro atoms. The van der Waals surface area contributed by atoms with E-state index in [4.69, 9.17) is 16.7 Å². The van der Waals surface area contributed by atoms with Crippen molar-refractivity contribution in [2.24, 2.45) is 5.10 Å². The Balaban J connectivity index is 2.49. The maximum absolute atomic E-state index is 11.0. The van der Waals surface area contributed by atoms with E-state index in [1.807, 2.05) is 30.3 Å². The summed E-state index contributed by atoms with van der Waals surface area (Å²) in [5.74, 6) is -0.578. The highest BCUT2D eigenvalue weighted by atomic mass is 35.5. The zero-order chi connectivity index (χ0) is 12.0. The first-order valence-electron chi connectivity index (χ1n) is 4.83. The summed E-state index contributed by atoms with van der Waals surface area (Å²) in [6.45, 7) is 1.36. The van der Waals surface area contributed by atoms with Gasteiger partial charge in [0.05, 0.1) is 0 Å². The SMILES string of the molecule is CC(O)C(=O)NN=C(Cl)Cc1ccccc1. The molecule has 1 aromatic rings. The lowest BCUT2D eigenvalue weighted by Crippen LogP contribution is -2.29. The molecule has 0 aliphatic carbocycles. The Hall–Kier alpha value is -1.39. The van der Waals surface area contributed by atoms with Gasteiger partial charge in [-0.15, -0.1) is 0 Å². The Morgan fingerprint density at radius 2 is 2.12 bits per heavy atom. The van der Waals surface area contributed by atoms with Gasteiger partial charge in [0.2, 0.25) is 0 Å². The summed E-state index contributed by atoms with van der Waals surface area (Å²) in [6, 6.07) is 9.52. The van der Waals surface area contributed by atoms with Gasteiger partial charge in [-0.3, -0.25) is 4.79 Å². The predicted octanol–water partition coefficient (Wildman–Crippen LogP) is 1.28. The van der Waals surface area contributed by atoms with Crippen LogP contribution in [-0.4, -0.2) is 22.3 Å². The number of aliphatic hydroxyl groups is 1. The van der Waals surface area contributed by atoms with Crippen LogP contribution in [0.25, 0.3) is 0 Å². The minimum atomic E-state index is -1.09.